The summed E-state index contributed by atoms with van der Waals surface area (Å²) in [7, 11) is 0. The average molecular weight is 290 g/mol. The Morgan fingerprint density at radius 2 is 1.90 bits per heavy atom. The molecule has 4 nitrogen and oxygen atoms in total. The van der Waals surface area contributed by atoms with E-state index in [1.165, 1.54) is 5.57 Å². The predicted octanol–water partition coefficient (Wildman–Crippen LogP) is 2.39. The smallest absolute Gasteiger partial charge is 0.249 e. The molecule has 2 amide bonds. The van der Waals surface area contributed by atoms with Gasteiger partial charge in [0.15, 0.2) is 0 Å². The fraction of sp³-hybridized carbons (Fsp3) is 0.765. The number of piperazine rings is 1. The molecule has 0 aromatic carbocycles. The molecule has 0 radical (unpaired) electrons. The highest BCUT2D eigenvalue weighted by Gasteiger charge is 2.61. The van der Waals surface area contributed by atoms with E-state index in [4.69, 9.17) is 0 Å². The van der Waals surface area contributed by atoms with Crippen molar-refractivity contribution < 1.29 is 9.59 Å². The molecule has 4 heteroatoms. The Hall–Kier alpha value is -1.32. The van der Waals surface area contributed by atoms with E-state index in [0.717, 1.165) is 38.5 Å². The van der Waals surface area contributed by atoms with Crippen molar-refractivity contribution in [2.45, 2.75) is 70.4 Å². The summed E-state index contributed by atoms with van der Waals surface area (Å²) >= 11 is 0. The van der Waals surface area contributed by atoms with Gasteiger partial charge in [-0.25, -0.2) is 0 Å². The highest BCUT2D eigenvalue weighted by atomic mass is 16.2. The van der Waals surface area contributed by atoms with Gasteiger partial charge in [0.1, 0.15) is 11.1 Å². The summed E-state index contributed by atoms with van der Waals surface area (Å²) in [6, 6.07) is 0. The second kappa shape index (κ2) is 4.85. The third-order valence-electron chi connectivity index (χ3n) is 5.54. The summed E-state index contributed by atoms with van der Waals surface area (Å²) in [4.78, 5) is 27.8. The van der Waals surface area contributed by atoms with Gasteiger partial charge >= 0.3 is 0 Å². The zero-order chi connectivity index (χ0) is 15.3. The second-order valence-electron chi connectivity index (χ2n) is 7.36. The lowest BCUT2D eigenvalue weighted by Crippen LogP contribution is -2.75. The molecule has 3 aliphatic rings. The minimum absolute atomic E-state index is 0.0636. The molecule has 1 N–H and O–H groups in total. The SMILES string of the molecule is CC(C)=CCN1C(=O)C2(CCCC2)NC(=O)C1(C)C1CC1. The molecule has 1 heterocycles. The van der Waals surface area contributed by atoms with Gasteiger partial charge in [0.25, 0.3) is 0 Å². The standard InChI is InChI=1S/C17H26N2O2/c1-12(2)8-11-19-15(21)17(9-4-5-10-17)18-14(20)16(19,3)13-6-7-13/h8,13H,4-7,9-11H2,1-3H3,(H,18,20). The van der Waals surface area contributed by atoms with Gasteiger partial charge in [0.05, 0.1) is 0 Å². The number of nitrogens with zero attached hydrogens (tertiary/aromatic N) is 1. The number of carbonyl (C=O) groups excluding carboxylic acids is 2. The molecule has 0 bridgehead atoms. The van der Waals surface area contributed by atoms with Crippen LogP contribution in [0.2, 0.25) is 0 Å². The summed E-state index contributed by atoms with van der Waals surface area (Å²) in [6.07, 6.45) is 7.82. The third kappa shape index (κ3) is 2.19. The maximum Gasteiger partial charge on any atom is 0.249 e. The van der Waals surface area contributed by atoms with Crippen molar-refractivity contribution in [1.82, 2.24) is 10.2 Å². The minimum atomic E-state index is -0.656. The van der Waals surface area contributed by atoms with Gasteiger partial charge < -0.3 is 10.2 Å². The van der Waals surface area contributed by atoms with Crippen LogP contribution >= 0.6 is 0 Å². The van der Waals surface area contributed by atoms with E-state index < -0.39 is 11.1 Å². The zero-order valence-electron chi connectivity index (χ0n) is 13.4. The van der Waals surface area contributed by atoms with Crippen molar-refractivity contribution in [2.24, 2.45) is 5.92 Å². The Bertz CT molecular complexity index is 497. The van der Waals surface area contributed by atoms with Gasteiger partial charge in [-0.05, 0) is 52.4 Å². The molecule has 21 heavy (non-hydrogen) atoms. The van der Waals surface area contributed by atoms with E-state index in [-0.39, 0.29) is 11.8 Å². The molecule has 0 aromatic heterocycles. The maximum absolute atomic E-state index is 13.1. The van der Waals surface area contributed by atoms with Crippen molar-refractivity contribution in [3.8, 4) is 0 Å². The molecule has 1 atom stereocenters. The molecule has 0 aromatic rings. The van der Waals surface area contributed by atoms with Crippen LogP contribution in [-0.2, 0) is 9.59 Å². The van der Waals surface area contributed by atoms with Gasteiger partial charge in [-0.3, -0.25) is 9.59 Å². The highest BCUT2D eigenvalue weighted by Crippen LogP contribution is 2.47. The first-order valence-electron chi connectivity index (χ1n) is 8.18. The third-order valence-corrected chi connectivity index (χ3v) is 5.54. The van der Waals surface area contributed by atoms with Gasteiger partial charge in [-0.1, -0.05) is 24.5 Å². The van der Waals surface area contributed by atoms with E-state index >= 15 is 0 Å². The lowest BCUT2D eigenvalue weighted by atomic mass is 9.82. The van der Waals surface area contributed by atoms with Crippen molar-refractivity contribution in [2.75, 3.05) is 6.54 Å². The number of hydrogen-bond acceptors (Lipinski definition) is 2. The first-order chi connectivity index (χ1) is 9.90. The Kier molecular flexibility index (Phi) is 3.38. The van der Waals surface area contributed by atoms with E-state index in [9.17, 15) is 9.59 Å². The zero-order valence-corrected chi connectivity index (χ0v) is 13.4. The van der Waals surface area contributed by atoms with Crippen molar-refractivity contribution in [3.63, 3.8) is 0 Å². The first kappa shape index (κ1) is 14.6. The average Bonchev–Trinajstić information content (AvgIpc) is 3.18. The van der Waals surface area contributed by atoms with E-state index in [1.54, 1.807) is 0 Å². The van der Waals surface area contributed by atoms with Crippen LogP contribution < -0.4 is 5.32 Å². The summed E-state index contributed by atoms with van der Waals surface area (Å²) in [5.41, 5.74) is -0.0786. The van der Waals surface area contributed by atoms with Crippen molar-refractivity contribution >= 4 is 11.8 Å². The van der Waals surface area contributed by atoms with Crippen molar-refractivity contribution in [3.05, 3.63) is 11.6 Å². The van der Waals surface area contributed by atoms with Crippen LogP contribution in [0.1, 0.15) is 59.3 Å². The molecule has 116 valence electrons. The summed E-state index contributed by atoms with van der Waals surface area (Å²) in [6.45, 7) is 6.59. The number of amides is 2. The van der Waals surface area contributed by atoms with Crippen LogP contribution in [0, 0.1) is 5.92 Å². The normalized spacial score (nSPS) is 31.5. The lowest BCUT2D eigenvalue weighted by molar-refractivity contribution is -0.162. The number of nitrogens with one attached hydrogen (secondary N) is 1. The second-order valence-corrected chi connectivity index (χ2v) is 7.36. The van der Waals surface area contributed by atoms with E-state index in [2.05, 4.69) is 11.4 Å². The minimum Gasteiger partial charge on any atom is -0.340 e. The largest absolute Gasteiger partial charge is 0.340 e. The molecule has 2 saturated carbocycles. The predicted molar refractivity (Wildman–Crippen MR) is 81.6 cm³/mol. The molecule has 1 spiro atoms. The Labute approximate surface area is 127 Å². The van der Waals surface area contributed by atoms with Gasteiger partial charge in [0, 0.05) is 6.54 Å². The van der Waals surface area contributed by atoms with E-state index in [1.807, 2.05) is 25.7 Å². The number of allylic oxidation sites excluding steroid dienone is 1. The number of rotatable bonds is 3. The summed E-state index contributed by atoms with van der Waals surface area (Å²) < 4.78 is 0. The van der Waals surface area contributed by atoms with Crippen LogP contribution in [0.4, 0.5) is 0 Å². The Balaban J connectivity index is 1.96. The quantitative estimate of drug-likeness (QED) is 0.811. The highest BCUT2D eigenvalue weighted by molar-refractivity contribution is 6.02. The molecular formula is C17H26N2O2. The summed E-state index contributed by atoms with van der Waals surface area (Å²) in [5.74, 6) is 0.533. The fourth-order valence-corrected chi connectivity index (χ4v) is 3.90. The van der Waals surface area contributed by atoms with Crippen LogP contribution in [0.15, 0.2) is 11.6 Å². The molecule has 1 saturated heterocycles. The van der Waals surface area contributed by atoms with Crippen molar-refractivity contribution in [1.29, 1.82) is 0 Å². The number of carbonyl (C=O) groups is 2. The van der Waals surface area contributed by atoms with Crippen LogP contribution in [0.5, 0.6) is 0 Å². The molecule has 1 aliphatic heterocycles. The molecule has 3 rings (SSSR count). The topological polar surface area (TPSA) is 49.4 Å². The molecule has 2 aliphatic carbocycles. The monoisotopic (exact) mass is 290 g/mol. The van der Waals surface area contributed by atoms with Crippen LogP contribution in [0.3, 0.4) is 0 Å². The van der Waals surface area contributed by atoms with Crippen LogP contribution in [-0.4, -0.2) is 34.3 Å². The van der Waals surface area contributed by atoms with Crippen LogP contribution in [0.25, 0.3) is 0 Å². The Morgan fingerprint density at radius 3 is 2.43 bits per heavy atom. The molecule has 3 fully saturated rings. The first-order valence-corrected chi connectivity index (χ1v) is 8.18. The lowest BCUT2D eigenvalue weighted by Gasteiger charge is -2.50. The fourth-order valence-electron chi connectivity index (χ4n) is 3.90. The molecule has 1 unspecified atom stereocenters. The molecular weight excluding hydrogens is 264 g/mol. The van der Waals surface area contributed by atoms with Gasteiger partial charge in [-0.2, -0.15) is 0 Å². The van der Waals surface area contributed by atoms with Gasteiger partial charge in [0.2, 0.25) is 11.8 Å². The maximum atomic E-state index is 13.1. The van der Waals surface area contributed by atoms with Gasteiger partial charge in [-0.15, -0.1) is 0 Å². The number of hydrogen-bond donors (Lipinski definition) is 1. The summed E-state index contributed by atoms with van der Waals surface area (Å²) in [5, 5.41) is 3.12. The van der Waals surface area contributed by atoms with E-state index in [0.29, 0.717) is 12.5 Å². The Morgan fingerprint density at radius 1 is 1.29 bits per heavy atom.